The Hall–Kier alpha value is 1.10. The van der Waals surface area contributed by atoms with Crippen LogP contribution >= 0.6 is 0 Å². The van der Waals surface area contributed by atoms with Gasteiger partial charge in [-0.3, -0.25) is 0 Å². The first-order chi connectivity index (χ1) is 5.06. The van der Waals surface area contributed by atoms with Crippen molar-refractivity contribution in [2.24, 2.45) is 5.92 Å². The van der Waals surface area contributed by atoms with Crippen molar-refractivity contribution >= 4 is 0 Å². The van der Waals surface area contributed by atoms with Gasteiger partial charge in [-0.1, -0.05) is 75.2 Å². The van der Waals surface area contributed by atoms with E-state index in [2.05, 4.69) is 48.5 Å². The molecule has 0 nitrogen and oxygen atoms in total. The van der Waals surface area contributed by atoms with Gasteiger partial charge in [-0.25, -0.2) is 0 Å². The first-order valence-electron chi connectivity index (χ1n) is 5.06. The van der Waals surface area contributed by atoms with Crippen molar-refractivity contribution in [1.82, 2.24) is 0 Å². The molecule has 0 aliphatic heterocycles. The van der Waals surface area contributed by atoms with E-state index in [0.29, 0.717) is 0 Å². The maximum atomic E-state index is 2.18. The van der Waals surface area contributed by atoms with E-state index >= 15 is 0 Å². The quantitative estimate of drug-likeness (QED) is 0.464. The molecule has 0 aromatic carbocycles. The molecule has 104 valence electrons. The predicted octanol–water partition coefficient (Wildman–Crippen LogP) is 6.87. The normalized spacial score (nSPS) is 5.25. The van der Waals surface area contributed by atoms with Crippen LogP contribution in [0.5, 0.6) is 0 Å². The van der Waals surface area contributed by atoms with Gasteiger partial charge in [0, 0.05) is 0 Å². The minimum Gasteiger partial charge on any atom is -0.358 e. The van der Waals surface area contributed by atoms with E-state index in [4.69, 9.17) is 0 Å². The summed E-state index contributed by atoms with van der Waals surface area (Å²) in [4.78, 5) is 0. The summed E-state index contributed by atoms with van der Waals surface area (Å²) < 4.78 is 0. The molecule has 0 aromatic rings. The Morgan fingerprint density at radius 1 is 0.688 bits per heavy atom. The third kappa shape index (κ3) is 679. The van der Waals surface area contributed by atoms with Crippen LogP contribution in [0.15, 0.2) is 0 Å². The minimum absolute atomic E-state index is 0. The molecule has 0 aliphatic rings. The van der Waals surface area contributed by atoms with E-state index in [0.717, 1.165) is 5.92 Å². The molecule has 0 aromatic heterocycles. The van der Waals surface area contributed by atoms with Crippen molar-refractivity contribution in [3.63, 3.8) is 0 Å². The Labute approximate surface area is 135 Å². The molecule has 0 unspecified atom stereocenters. The Balaban J connectivity index is -0.00000000872. The SMILES string of the molecule is C.CC(C)C.CCC.CCCC.[CH3-].[CH3-].[CH3-].[Y+3]. The van der Waals surface area contributed by atoms with Gasteiger partial charge in [0.05, 0.1) is 0 Å². The number of hydrogen-bond acceptors (Lipinski definition) is 0. The summed E-state index contributed by atoms with van der Waals surface area (Å²) in [6, 6.07) is 0. The fraction of sp³-hybridized carbons (Fsp3) is 0.800. The second-order valence-corrected chi connectivity index (χ2v) is 3.44. The van der Waals surface area contributed by atoms with E-state index < -0.39 is 0 Å². The van der Waals surface area contributed by atoms with E-state index in [1.807, 2.05) is 0 Å². The number of rotatable bonds is 1. The van der Waals surface area contributed by atoms with Gasteiger partial charge in [0.25, 0.3) is 0 Å². The first-order valence-corrected chi connectivity index (χ1v) is 5.06. The summed E-state index contributed by atoms with van der Waals surface area (Å²) in [5.41, 5.74) is 0. The molecule has 0 atom stereocenters. The van der Waals surface area contributed by atoms with Crippen LogP contribution in [0.1, 0.15) is 75.2 Å². The zero-order valence-electron chi connectivity index (χ0n) is 13.3. The third-order valence-electron chi connectivity index (χ3n) is 0.500. The van der Waals surface area contributed by atoms with Gasteiger partial charge < -0.3 is 22.3 Å². The second kappa shape index (κ2) is 72.8. The first kappa shape index (κ1) is 53.5. The molecule has 1 heteroatoms. The molecular weight excluding hydrogens is 269 g/mol. The van der Waals surface area contributed by atoms with Crippen LogP contribution in [-0.4, -0.2) is 0 Å². The molecule has 0 spiro atoms. The molecular formula is C15H41Y. The molecule has 0 rings (SSSR count). The van der Waals surface area contributed by atoms with Crippen LogP contribution in [0.3, 0.4) is 0 Å². The average molecular weight is 310 g/mol. The Kier molecular flexibility index (Phi) is 243. The van der Waals surface area contributed by atoms with Crippen molar-refractivity contribution in [1.29, 1.82) is 0 Å². The van der Waals surface area contributed by atoms with E-state index in [1.165, 1.54) is 19.3 Å². The van der Waals surface area contributed by atoms with Crippen molar-refractivity contribution < 1.29 is 32.7 Å². The molecule has 0 aliphatic carbocycles. The van der Waals surface area contributed by atoms with Crippen molar-refractivity contribution in [3.05, 3.63) is 22.3 Å². The topological polar surface area (TPSA) is 0 Å². The van der Waals surface area contributed by atoms with Crippen LogP contribution in [-0.2, 0) is 32.7 Å². The Bertz CT molecular complexity index is 29.7. The molecule has 0 heterocycles. The maximum absolute atomic E-state index is 2.18. The van der Waals surface area contributed by atoms with E-state index in [-0.39, 0.29) is 62.4 Å². The largest absolute Gasteiger partial charge is 3.00 e. The predicted molar refractivity (Wildman–Crippen MR) is 83.0 cm³/mol. The molecule has 0 bridgehead atoms. The van der Waals surface area contributed by atoms with Crippen LogP contribution in [0, 0.1) is 28.2 Å². The number of unbranched alkanes of at least 4 members (excludes halogenated alkanes) is 1. The summed E-state index contributed by atoms with van der Waals surface area (Å²) in [5.74, 6) is 0.833. The van der Waals surface area contributed by atoms with Crippen LogP contribution in [0.4, 0.5) is 0 Å². The summed E-state index contributed by atoms with van der Waals surface area (Å²) in [6.07, 6.45) is 3.89. The smallest absolute Gasteiger partial charge is 0.358 e. The van der Waals surface area contributed by atoms with Crippen molar-refractivity contribution in [2.75, 3.05) is 0 Å². The zero-order valence-corrected chi connectivity index (χ0v) is 16.1. The molecule has 16 heavy (non-hydrogen) atoms. The van der Waals surface area contributed by atoms with Crippen LogP contribution in [0.2, 0.25) is 0 Å². The van der Waals surface area contributed by atoms with Gasteiger partial charge in [0.2, 0.25) is 0 Å². The van der Waals surface area contributed by atoms with Crippen molar-refractivity contribution in [2.45, 2.75) is 75.2 Å². The Morgan fingerprint density at radius 2 is 0.750 bits per heavy atom. The fourth-order valence-corrected chi connectivity index (χ4v) is 0. The third-order valence-corrected chi connectivity index (χ3v) is 0.500. The van der Waals surface area contributed by atoms with E-state index in [1.54, 1.807) is 0 Å². The number of hydrogen-bond donors (Lipinski definition) is 0. The molecule has 0 fully saturated rings. The Morgan fingerprint density at radius 3 is 0.750 bits per heavy atom. The summed E-state index contributed by atoms with van der Waals surface area (Å²) >= 11 is 0. The average Bonchev–Trinajstić information content (AvgIpc) is 1.88. The maximum Gasteiger partial charge on any atom is 3.00 e. The standard InChI is InChI=1S/2C4H10.C3H8.CH4.3CH3.Y/c1-4(2)3;1-3-4-2;1-3-2;;;;;/h4H,1-3H3;3-4H2,1-2H3;3H2,1-2H3;1H4;3*1H3;/q;;;;3*-1;+3. The minimum atomic E-state index is 0. The molecule has 0 amide bonds. The van der Waals surface area contributed by atoms with Gasteiger partial charge in [0.1, 0.15) is 0 Å². The zero-order chi connectivity index (χ0) is 9.70. The fourth-order valence-electron chi connectivity index (χ4n) is 0. The van der Waals surface area contributed by atoms with Gasteiger partial charge in [-0.15, -0.1) is 0 Å². The van der Waals surface area contributed by atoms with Gasteiger partial charge in [0.15, 0.2) is 0 Å². The van der Waals surface area contributed by atoms with E-state index in [9.17, 15) is 0 Å². The molecule has 0 N–H and O–H groups in total. The summed E-state index contributed by atoms with van der Waals surface area (Å²) in [5, 5.41) is 0. The van der Waals surface area contributed by atoms with Crippen LogP contribution < -0.4 is 0 Å². The van der Waals surface area contributed by atoms with Gasteiger partial charge in [-0.05, 0) is 5.92 Å². The summed E-state index contributed by atoms with van der Waals surface area (Å²) in [7, 11) is 0. The molecule has 0 radical (unpaired) electrons. The molecule has 0 saturated heterocycles. The van der Waals surface area contributed by atoms with Crippen LogP contribution in [0.25, 0.3) is 0 Å². The monoisotopic (exact) mass is 310 g/mol. The van der Waals surface area contributed by atoms with Gasteiger partial charge in [-0.2, -0.15) is 0 Å². The van der Waals surface area contributed by atoms with Gasteiger partial charge >= 0.3 is 32.7 Å². The summed E-state index contributed by atoms with van der Waals surface area (Å²) in [6.45, 7) is 15.1. The van der Waals surface area contributed by atoms with Crippen molar-refractivity contribution in [3.8, 4) is 0 Å². The second-order valence-electron chi connectivity index (χ2n) is 3.44. The molecule has 0 saturated carbocycles.